The number of aromatic nitrogens is 1. The smallest absolute Gasteiger partial charge is 0.338 e. The minimum absolute atomic E-state index is 0.197. The molecule has 0 saturated heterocycles. The molecular weight excluding hydrogens is 877 g/mol. The standard InChI is InChI=1S/C33H22Cl2I2N2O4S2/c1-2-42-32(41)27-28(19-7-4-3-5-8-19)38-33-39(29(27)25-9-6-12-44-25)31(40)26(45-33)15-20-14-21(36)16-24(37)30(20)43-17-18-10-11-22(34)23(35)13-18/h3-16,29H,2,17H2,1H3/b26-15-/t29-/m0/s1. The van der Waals surface area contributed by atoms with Gasteiger partial charge in [-0.15, -0.1) is 11.3 Å². The number of ether oxygens (including phenoxy) is 2. The van der Waals surface area contributed by atoms with E-state index >= 15 is 0 Å². The van der Waals surface area contributed by atoms with Crippen molar-refractivity contribution in [2.45, 2.75) is 19.6 Å². The number of fused-ring (bicyclic) bond motifs is 1. The predicted octanol–water partition coefficient (Wildman–Crippen LogP) is 8.09. The van der Waals surface area contributed by atoms with Gasteiger partial charge in [0.15, 0.2) is 4.80 Å². The fourth-order valence-electron chi connectivity index (χ4n) is 4.92. The number of benzene rings is 3. The van der Waals surface area contributed by atoms with Crippen molar-refractivity contribution < 1.29 is 14.3 Å². The van der Waals surface area contributed by atoms with Crippen LogP contribution in [0.5, 0.6) is 5.75 Å². The van der Waals surface area contributed by atoms with Crippen LogP contribution in [-0.4, -0.2) is 17.1 Å². The zero-order valence-corrected chi connectivity index (χ0v) is 30.9. The molecule has 6 nitrogen and oxygen atoms in total. The summed E-state index contributed by atoms with van der Waals surface area (Å²) in [4.78, 5) is 34.1. The number of halogens is 4. The van der Waals surface area contributed by atoms with Gasteiger partial charge in [0.05, 0.1) is 36.0 Å². The van der Waals surface area contributed by atoms with Crippen molar-refractivity contribution in [1.29, 1.82) is 0 Å². The summed E-state index contributed by atoms with van der Waals surface area (Å²) < 4.78 is 15.8. The minimum Gasteiger partial charge on any atom is -0.487 e. The Morgan fingerprint density at radius 2 is 1.84 bits per heavy atom. The van der Waals surface area contributed by atoms with Gasteiger partial charge in [0.1, 0.15) is 18.4 Å². The van der Waals surface area contributed by atoms with Crippen molar-refractivity contribution in [2.75, 3.05) is 6.61 Å². The van der Waals surface area contributed by atoms with Gasteiger partial charge < -0.3 is 9.47 Å². The van der Waals surface area contributed by atoms with Gasteiger partial charge in [-0.2, -0.15) is 0 Å². The molecule has 3 heterocycles. The first-order valence-electron chi connectivity index (χ1n) is 13.6. The number of rotatable bonds is 8. The lowest BCUT2D eigenvalue weighted by Gasteiger charge is -2.24. The lowest BCUT2D eigenvalue weighted by atomic mass is 9.97. The van der Waals surface area contributed by atoms with Crippen LogP contribution in [0.3, 0.4) is 0 Å². The summed E-state index contributed by atoms with van der Waals surface area (Å²) in [7, 11) is 0. The lowest BCUT2D eigenvalue weighted by molar-refractivity contribution is -0.138. The van der Waals surface area contributed by atoms with E-state index in [0.717, 1.165) is 28.7 Å². The van der Waals surface area contributed by atoms with Crippen LogP contribution in [0.2, 0.25) is 10.0 Å². The third kappa shape index (κ3) is 6.82. The Kier molecular flexibility index (Phi) is 10.2. The third-order valence-corrected chi connectivity index (χ3v) is 10.9. The fraction of sp³-hybridized carbons (Fsp3) is 0.121. The Morgan fingerprint density at radius 1 is 1.04 bits per heavy atom. The Hall–Kier alpha value is -2.49. The first-order valence-corrected chi connectivity index (χ1v) is 18.2. The molecule has 0 amide bonds. The van der Waals surface area contributed by atoms with Gasteiger partial charge in [0.2, 0.25) is 0 Å². The van der Waals surface area contributed by atoms with E-state index in [4.69, 9.17) is 37.7 Å². The molecule has 0 bridgehead atoms. The molecule has 0 unspecified atom stereocenters. The van der Waals surface area contributed by atoms with E-state index in [-0.39, 0.29) is 18.8 Å². The number of thiophene rings is 1. The summed E-state index contributed by atoms with van der Waals surface area (Å²) in [5, 5.41) is 2.86. The molecule has 1 aliphatic rings. The second-order valence-corrected chi connectivity index (χ2v) is 15.0. The molecule has 0 N–H and O–H groups in total. The molecule has 1 aliphatic heterocycles. The van der Waals surface area contributed by atoms with Crippen molar-refractivity contribution in [2.24, 2.45) is 4.99 Å². The van der Waals surface area contributed by atoms with Gasteiger partial charge in [0.25, 0.3) is 5.56 Å². The molecule has 0 spiro atoms. The van der Waals surface area contributed by atoms with E-state index in [1.807, 2.05) is 72.1 Å². The molecule has 1 atom stereocenters. The Bertz CT molecular complexity index is 2130. The maximum absolute atomic E-state index is 14.3. The Morgan fingerprint density at radius 3 is 2.56 bits per heavy atom. The average molecular weight is 899 g/mol. The Labute approximate surface area is 303 Å². The van der Waals surface area contributed by atoms with Gasteiger partial charge in [-0.1, -0.05) is 77.0 Å². The number of nitrogens with zero attached hydrogens (tertiary/aromatic N) is 2. The molecule has 228 valence electrons. The van der Waals surface area contributed by atoms with E-state index in [1.165, 1.54) is 22.7 Å². The largest absolute Gasteiger partial charge is 0.487 e. The average Bonchev–Trinajstić information content (AvgIpc) is 3.66. The second kappa shape index (κ2) is 14.1. The van der Waals surface area contributed by atoms with Crippen LogP contribution >= 0.6 is 91.1 Å². The molecule has 0 saturated carbocycles. The van der Waals surface area contributed by atoms with Gasteiger partial charge in [0, 0.05) is 19.6 Å². The van der Waals surface area contributed by atoms with Crippen molar-refractivity contribution in [1.82, 2.24) is 4.57 Å². The minimum atomic E-state index is -0.695. The summed E-state index contributed by atoms with van der Waals surface area (Å²) in [5.41, 5.74) is 2.95. The normalized spacial score (nSPS) is 14.7. The highest BCUT2D eigenvalue weighted by Gasteiger charge is 2.35. The third-order valence-electron chi connectivity index (χ3n) is 6.88. The quantitative estimate of drug-likeness (QED) is 0.117. The molecule has 0 aliphatic carbocycles. The fourth-order valence-corrected chi connectivity index (χ4v) is 9.10. The summed E-state index contributed by atoms with van der Waals surface area (Å²) in [6.45, 7) is 2.22. The predicted molar refractivity (Wildman–Crippen MR) is 198 cm³/mol. The molecular formula is C33H22Cl2I2N2O4S2. The maximum Gasteiger partial charge on any atom is 0.338 e. The van der Waals surface area contributed by atoms with E-state index < -0.39 is 12.0 Å². The number of hydrogen-bond donors (Lipinski definition) is 0. The zero-order valence-electron chi connectivity index (χ0n) is 23.4. The van der Waals surface area contributed by atoms with Gasteiger partial charge in [-0.25, -0.2) is 9.79 Å². The highest BCUT2D eigenvalue weighted by Crippen LogP contribution is 2.37. The molecule has 2 aromatic heterocycles. The van der Waals surface area contributed by atoms with E-state index in [2.05, 4.69) is 45.2 Å². The molecule has 45 heavy (non-hydrogen) atoms. The number of carbonyl (C=O) groups is 1. The van der Waals surface area contributed by atoms with Gasteiger partial charge in [-0.3, -0.25) is 9.36 Å². The van der Waals surface area contributed by atoms with Crippen LogP contribution in [0.1, 0.15) is 34.5 Å². The van der Waals surface area contributed by atoms with Crippen LogP contribution in [0, 0.1) is 7.14 Å². The molecule has 12 heteroatoms. The number of thiazole rings is 1. The summed E-state index contributed by atoms with van der Waals surface area (Å²) in [6, 6.07) is 22.0. The highest BCUT2D eigenvalue weighted by atomic mass is 127. The highest BCUT2D eigenvalue weighted by molar-refractivity contribution is 14.1. The van der Waals surface area contributed by atoms with Gasteiger partial charge in [-0.05, 0) is 99.5 Å². The van der Waals surface area contributed by atoms with Crippen molar-refractivity contribution in [3.63, 3.8) is 0 Å². The van der Waals surface area contributed by atoms with Crippen LogP contribution in [0.15, 0.2) is 93.5 Å². The lowest BCUT2D eigenvalue weighted by Crippen LogP contribution is -2.39. The monoisotopic (exact) mass is 898 g/mol. The van der Waals surface area contributed by atoms with Crippen LogP contribution < -0.4 is 19.6 Å². The molecule has 0 fully saturated rings. The number of esters is 1. The topological polar surface area (TPSA) is 69.9 Å². The van der Waals surface area contributed by atoms with E-state index in [9.17, 15) is 9.59 Å². The molecule has 5 aromatic rings. The van der Waals surface area contributed by atoms with Gasteiger partial charge >= 0.3 is 5.97 Å². The number of hydrogen-bond acceptors (Lipinski definition) is 7. The van der Waals surface area contributed by atoms with Crippen LogP contribution in [0.4, 0.5) is 0 Å². The molecule has 0 radical (unpaired) electrons. The summed E-state index contributed by atoms with van der Waals surface area (Å²) >= 11 is 19.6. The summed E-state index contributed by atoms with van der Waals surface area (Å²) in [6.07, 6.45) is 1.83. The van der Waals surface area contributed by atoms with E-state index in [0.29, 0.717) is 36.4 Å². The van der Waals surface area contributed by atoms with E-state index in [1.54, 1.807) is 23.6 Å². The zero-order chi connectivity index (χ0) is 31.7. The number of carbonyl (C=O) groups excluding carboxylic acids is 1. The first kappa shape index (κ1) is 32.5. The SMILES string of the molecule is CCOC(=O)C1=C(c2ccccc2)N=c2s/c(=C\c3cc(I)cc(I)c3OCc3ccc(Cl)c(Cl)c3)c(=O)n2[C@H]1c1cccs1. The maximum atomic E-state index is 14.3. The Balaban J connectivity index is 1.52. The molecule has 3 aromatic carbocycles. The van der Waals surface area contributed by atoms with Crippen LogP contribution in [0.25, 0.3) is 11.8 Å². The first-order chi connectivity index (χ1) is 21.7. The summed E-state index contributed by atoms with van der Waals surface area (Å²) in [5.74, 6) is 0.137. The van der Waals surface area contributed by atoms with Crippen LogP contribution in [-0.2, 0) is 16.1 Å². The molecule has 6 rings (SSSR count). The van der Waals surface area contributed by atoms with Crippen molar-refractivity contribution in [3.8, 4) is 5.75 Å². The van der Waals surface area contributed by atoms with Crippen molar-refractivity contribution >= 4 is 109 Å². The second-order valence-electron chi connectivity index (χ2n) is 9.79. The van der Waals surface area contributed by atoms with Crippen molar-refractivity contribution in [3.05, 3.63) is 142 Å².